The average Bonchev–Trinajstić information content (AvgIpc) is 3.16. The number of nitrogens with one attached hydrogen (secondary N) is 1. The SMILES string of the molecule is Cc1ccccc1-n1c(C)cc(/C=N/NC(=O)CN(c2ccc(Cl)cc2)S(=O)(=O)c2ccccc2)c1C. The maximum Gasteiger partial charge on any atom is 0.264 e. The molecule has 0 saturated heterocycles. The lowest BCUT2D eigenvalue weighted by atomic mass is 10.2. The summed E-state index contributed by atoms with van der Waals surface area (Å²) in [5, 5.41) is 4.56. The molecule has 4 rings (SSSR count). The molecule has 0 fully saturated rings. The minimum atomic E-state index is -4.01. The van der Waals surface area contributed by atoms with Crippen molar-refractivity contribution in [2.24, 2.45) is 5.10 Å². The molecule has 0 atom stereocenters. The average molecular weight is 535 g/mol. The van der Waals surface area contributed by atoms with Gasteiger partial charge in [-0.1, -0.05) is 48.0 Å². The zero-order valence-corrected chi connectivity index (χ0v) is 22.3. The molecule has 0 aliphatic rings. The Morgan fingerprint density at radius 3 is 2.30 bits per heavy atom. The Kier molecular flexibility index (Phi) is 7.80. The molecule has 0 aliphatic carbocycles. The molecular weight excluding hydrogens is 508 g/mol. The second-order valence-corrected chi connectivity index (χ2v) is 10.8. The third-order valence-electron chi connectivity index (χ3n) is 5.95. The number of sulfonamides is 1. The van der Waals surface area contributed by atoms with Crippen LogP contribution in [-0.2, 0) is 14.8 Å². The molecule has 0 saturated carbocycles. The highest BCUT2D eigenvalue weighted by Gasteiger charge is 2.27. The normalized spacial score (nSPS) is 11.6. The largest absolute Gasteiger partial charge is 0.318 e. The predicted molar refractivity (Wildman–Crippen MR) is 148 cm³/mol. The first-order valence-corrected chi connectivity index (χ1v) is 13.4. The van der Waals surface area contributed by atoms with E-state index in [1.54, 1.807) is 48.7 Å². The molecule has 1 amide bonds. The van der Waals surface area contributed by atoms with Gasteiger partial charge in [0.15, 0.2) is 0 Å². The fourth-order valence-corrected chi connectivity index (χ4v) is 5.65. The Morgan fingerprint density at radius 2 is 1.62 bits per heavy atom. The lowest BCUT2D eigenvalue weighted by Gasteiger charge is -2.23. The van der Waals surface area contributed by atoms with E-state index in [0.29, 0.717) is 10.7 Å². The van der Waals surface area contributed by atoms with Crippen LogP contribution in [0, 0.1) is 20.8 Å². The van der Waals surface area contributed by atoms with Gasteiger partial charge in [-0.2, -0.15) is 5.10 Å². The van der Waals surface area contributed by atoms with Crippen molar-refractivity contribution in [3.05, 3.63) is 112 Å². The number of halogens is 1. The van der Waals surface area contributed by atoms with Gasteiger partial charge in [-0.05, 0) is 74.9 Å². The van der Waals surface area contributed by atoms with Crippen LogP contribution in [0.25, 0.3) is 5.69 Å². The van der Waals surface area contributed by atoms with Crippen molar-refractivity contribution in [3.63, 3.8) is 0 Å². The number of amides is 1. The van der Waals surface area contributed by atoms with Gasteiger partial charge >= 0.3 is 0 Å². The molecule has 1 heterocycles. The fraction of sp³-hybridized carbons (Fsp3) is 0.143. The maximum atomic E-state index is 13.4. The molecule has 190 valence electrons. The van der Waals surface area contributed by atoms with Crippen molar-refractivity contribution in [2.75, 3.05) is 10.8 Å². The van der Waals surface area contributed by atoms with Crippen molar-refractivity contribution in [3.8, 4) is 5.69 Å². The van der Waals surface area contributed by atoms with Crippen molar-refractivity contribution in [1.29, 1.82) is 0 Å². The number of hydrazone groups is 1. The first-order valence-electron chi connectivity index (χ1n) is 11.6. The lowest BCUT2D eigenvalue weighted by molar-refractivity contribution is -0.119. The number of rotatable bonds is 8. The first-order chi connectivity index (χ1) is 17.7. The molecule has 0 bridgehead atoms. The summed E-state index contributed by atoms with van der Waals surface area (Å²) in [6.45, 7) is 5.58. The zero-order chi connectivity index (χ0) is 26.6. The van der Waals surface area contributed by atoms with Gasteiger partial charge in [0.05, 0.1) is 16.8 Å². The standard InChI is InChI=1S/C28H27ClN4O3S/c1-20-9-7-8-12-27(20)33-21(2)17-23(22(33)3)18-30-31-28(34)19-32(25-15-13-24(29)14-16-25)37(35,36)26-10-5-4-6-11-26/h4-18H,19H2,1-3H3,(H,31,34)/b30-18+. The van der Waals surface area contributed by atoms with E-state index in [-0.39, 0.29) is 4.90 Å². The molecule has 7 nitrogen and oxygen atoms in total. The van der Waals surface area contributed by atoms with Gasteiger partial charge in [-0.15, -0.1) is 0 Å². The third-order valence-corrected chi connectivity index (χ3v) is 7.99. The minimum absolute atomic E-state index is 0.0740. The highest BCUT2D eigenvalue weighted by atomic mass is 35.5. The molecule has 1 aromatic heterocycles. The third kappa shape index (κ3) is 5.76. The molecule has 37 heavy (non-hydrogen) atoms. The number of benzene rings is 3. The van der Waals surface area contributed by atoms with Crippen LogP contribution in [0.5, 0.6) is 0 Å². The van der Waals surface area contributed by atoms with Crippen LogP contribution >= 0.6 is 11.6 Å². The van der Waals surface area contributed by atoms with Gasteiger partial charge in [0.2, 0.25) is 0 Å². The first kappa shape index (κ1) is 26.2. The second kappa shape index (κ2) is 11.0. The van der Waals surface area contributed by atoms with Crippen LogP contribution < -0.4 is 9.73 Å². The Morgan fingerprint density at radius 1 is 0.973 bits per heavy atom. The van der Waals surface area contributed by atoms with Gasteiger partial charge in [0, 0.05) is 27.7 Å². The Bertz CT molecular complexity index is 1550. The summed E-state index contributed by atoms with van der Waals surface area (Å²) in [7, 11) is -4.01. The quantitative estimate of drug-likeness (QED) is 0.242. The number of anilines is 1. The lowest BCUT2D eigenvalue weighted by Crippen LogP contribution is -2.39. The van der Waals surface area contributed by atoms with Crippen molar-refractivity contribution in [2.45, 2.75) is 25.7 Å². The van der Waals surface area contributed by atoms with Crippen LogP contribution in [-0.4, -0.2) is 31.7 Å². The topological polar surface area (TPSA) is 83.8 Å². The van der Waals surface area contributed by atoms with Crippen molar-refractivity contribution in [1.82, 2.24) is 9.99 Å². The highest BCUT2D eigenvalue weighted by Crippen LogP contribution is 2.25. The van der Waals surface area contributed by atoms with E-state index in [4.69, 9.17) is 11.6 Å². The van der Waals surface area contributed by atoms with E-state index in [0.717, 1.165) is 32.5 Å². The zero-order valence-electron chi connectivity index (χ0n) is 20.7. The predicted octanol–water partition coefficient (Wildman–Crippen LogP) is 5.40. The summed E-state index contributed by atoms with van der Waals surface area (Å²) in [6, 6.07) is 24.3. The number of hydrogen-bond acceptors (Lipinski definition) is 4. The molecule has 4 aromatic rings. The van der Waals surface area contributed by atoms with Crippen LogP contribution in [0.1, 0.15) is 22.5 Å². The summed E-state index contributed by atoms with van der Waals surface area (Å²) in [4.78, 5) is 12.9. The molecule has 9 heteroatoms. The fourth-order valence-electron chi connectivity index (χ4n) is 4.09. The van der Waals surface area contributed by atoms with Crippen LogP contribution in [0.3, 0.4) is 0 Å². The molecule has 0 spiro atoms. The van der Waals surface area contributed by atoms with Crippen LogP contribution in [0.4, 0.5) is 5.69 Å². The van der Waals surface area contributed by atoms with Gasteiger partial charge in [-0.25, -0.2) is 13.8 Å². The Hall–Kier alpha value is -3.88. The van der Waals surface area contributed by atoms with Crippen LogP contribution in [0.2, 0.25) is 5.02 Å². The summed E-state index contributed by atoms with van der Waals surface area (Å²) in [5.74, 6) is -0.585. The molecule has 1 N–H and O–H groups in total. The van der Waals surface area contributed by atoms with Gasteiger partial charge in [0.25, 0.3) is 15.9 Å². The monoisotopic (exact) mass is 534 g/mol. The number of carbonyl (C=O) groups excluding carboxylic acids is 1. The number of carbonyl (C=O) groups is 1. The van der Waals surface area contributed by atoms with Gasteiger partial charge in [-0.3, -0.25) is 9.10 Å². The molecular formula is C28H27ClN4O3S. The summed E-state index contributed by atoms with van der Waals surface area (Å²) in [5.41, 5.74) is 7.83. The smallest absolute Gasteiger partial charge is 0.264 e. The Labute approximate surface area is 222 Å². The Balaban J connectivity index is 1.55. The number of aromatic nitrogens is 1. The van der Waals surface area contributed by atoms with E-state index < -0.39 is 22.5 Å². The van der Waals surface area contributed by atoms with E-state index in [1.165, 1.54) is 12.1 Å². The second-order valence-electron chi connectivity index (χ2n) is 8.54. The molecule has 0 radical (unpaired) electrons. The van der Waals surface area contributed by atoms with Crippen molar-refractivity contribution < 1.29 is 13.2 Å². The summed E-state index contributed by atoms with van der Waals surface area (Å²) in [6.07, 6.45) is 1.56. The van der Waals surface area contributed by atoms with Crippen molar-refractivity contribution >= 4 is 39.4 Å². The number of hydrogen-bond donors (Lipinski definition) is 1. The van der Waals surface area contributed by atoms with Crippen LogP contribution in [0.15, 0.2) is 94.9 Å². The highest BCUT2D eigenvalue weighted by molar-refractivity contribution is 7.92. The van der Waals surface area contributed by atoms with Gasteiger partial charge < -0.3 is 4.57 Å². The minimum Gasteiger partial charge on any atom is -0.318 e. The number of para-hydroxylation sites is 1. The maximum absolute atomic E-state index is 13.4. The summed E-state index contributed by atoms with van der Waals surface area (Å²) < 4.78 is 29.9. The molecule has 3 aromatic carbocycles. The van der Waals surface area contributed by atoms with Gasteiger partial charge in [0.1, 0.15) is 6.54 Å². The van der Waals surface area contributed by atoms with E-state index in [9.17, 15) is 13.2 Å². The molecule has 0 aliphatic heterocycles. The van der Waals surface area contributed by atoms with E-state index in [2.05, 4.69) is 34.2 Å². The number of aryl methyl sites for hydroxylation is 2. The number of nitrogens with zero attached hydrogens (tertiary/aromatic N) is 3. The van der Waals surface area contributed by atoms with E-state index >= 15 is 0 Å². The molecule has 0 unspecified atom stereocenters. The van der Waals surface area contributed by atoms with E-state index in [1.807, 2.05) is 32.0 Å². The summed E-state index contributed by atoms with van der Waals surface area (Å²) >= 11 is 5.99.